The smallest absolute Gasteiger partial charge is 0.321 e. The number of carbonyl (C=O) groups is 1. The molecule has 7 nitrogen and oxygen atoms in total. The number of hydrogen-bond donors (Lipinski definition) is 3. The molecule has 1 amide bonds. The molecular formula is C20H13ClF3N5O2. The number of aromatic nitrogens is 4. The lowest BCUT2D eigenvalue weighted by Gasteiger charge is -2.06. The number of rotatable bonds is 4. The molecule has 0 spiro atoms. The molecule has 0 unspecified atom stereocenters. The zero-order valence-electron chi connectivity index (χ0n) is 15.5. The zero-order chi connectivity index (χ0) is 22.2. The van der Waals surface area contributed by atoms with Crippen molar-refractivity contribution in [2.75, 3.05) is 5.32 Å². The van der Waals surface area contributed by atoms with Crippen molar-refractivity contribution >= 4 is 40.3 Å². The second-order valence-electron chi connectivity index (χ2n) is 6.47. The average Bonchev–Trinajstić information content (AvgIpc) is 3.30. The van der Waals surface area contributed by atoms with Crippen LogP contribution < -0.4 is 11.0 Å². The fourth-order valence-corrected chi connectivity index (χ4v) is 3.15. The van der Waals surface area contributed by atoms with Crippen LogP contribution >= 0.6 is 11.6 Å². The highest BCUT2D eigenvalue weighted by atomic mass is 35.5. The molecule has 2 aromatic heterocycles. The van der Waals surface area contributed by atoms with Crippen LogP contribution in [-0.4, -0.2) is 25.7 Å². The molecule has 0 fully saturated rings. The Balaban J connectivity index is 1.65. The van der Waals surface area contributed by atoms with Crippen molar-refractivity contribution in [1.82, 2.24) is 19.7 Å². The maximum absolute atomic E-state index is 13.2. The van der Waals surface area contributed by atoms with Crippen molar-refractivity contribution in [3.63, 3.8) is 0 Å². The quantitative estimate of drug-likeness (QED) is 0.405. The minimum atomic E-state index is -4.66. The topological polar surface area (TPSA) is 95.6 Å². The highest BCUT2D eigenvalue weighted by Gasteiger charge is 2.34. The van der Waals surface area contributed by atoms with Crippen molar-refractivity contribution in [3.8, 4) is 5.69 Å². The van der Waals surface area contributed by atoms with Gasteiger partial charge < -0.3 is 15.3 Å². The third kappa shape index (κ3) is 4.38. The van der Waals surface area contributed by atoms with E-state index < -0.39 is 23.5 Å². The van der Waals surface area contributed by atoms with Gasteiger partial charge in [-0.15, -0.1) is 0 Å². The number of nitrogens with one attached hydrogen (secondary N) is 3. The SMILES string of the molecule is O=C(/C=C/c1cc(C(F)(F)F)nn1-c1cccc(Cl)c1)Nc1cccc2[nH]c(=O)[nH]c12. The maximum Gasteiger partial charge on any atom is 0.435 e. The molecule has 4 aromatic rings. The number of aromatic amines is 2. The van der Waals surface area contributed by atoms with Gasteiger partial charge in [0, 0.05) is 11.1 Å². The number of hydrogen-bond acceptors (Lipinski definition) is 3. The van der Waals surface area contributed by atoms with Crippen LogP contribution in [0.15, 0.2) is 59.4 Å². The number of imidazole rings is 1. The van der Waals surface area contributed by atoms with Crippen molar-refractivity contribution < 1.29 is 18.0 Å². The highest BCUT2D eigenvalue weighted by molar-refractivity contribution is 6.30. The molecule has 0 bridgehead atoms. The van der Waals surface area contributed by atoms with E-state index in [0.717, 1.165) is 16.8 Å². The molecule has 2 heterocycles. The van der Waals surface area contributed by atoms with E-state index in [4.69, 9.17) is 11.6 Å². The molecule has 0 aliphatic heterocycles. The Kier molecular flexibility index (Phi) is 5.15. The minimum Gasteiger partial charge on any atom is -0.321 e. The van der Waals surface area contributed by atoms with Crippen molar-refractivity contribution in [2.45, 2.75) is 6.18 Å². The predicted molar refractivity (Wildman–Crippen MR) is 110 cm³/mol. The number of carbonyl (C=O) groups excluding carboxylic acids is 1. The van der Waals surface area contributed by atoms with E-state index in [1.54, 1.807) is 36.4 Å². The van der Waals surface area contributed by atoms with Gasteiger partial charge in [0.1, 0.15) is 0 Å². The monoisotopic (exact) mass is 447 g/mol. The lowest BCUT2D eigenvalue weighted by atomic mass is 10.2. The number of alkyl halides is 3. The van der Waals surface area contributed by atoms with E-state index in [2.05, 4.69) is 20.4 Å². The summed E-state index contributed by atoms with van der Waals surface area (Å²) < 4.78 is 40.6. The molecule has 158 valence electrons. The van der Waals surface area contributed by atoms with Crippen LogP contribution in [0.3, 0.4) is 0 Å². The van der Waals surface area contributed by atoms with Gasteiger partial charge in [-0.25, -0.2) is 9.48 Å². The molecule has 0 saturated carbocycles. The average molecular weight is 448 g/mol. The Bertz CT molecular complexity index is 1370. The van der Waals surface area contributed by atoms with Crippen LogP contribution in [0.2, 0.25) is 5.02 Å². The molecule has 31 heavy (non-hydrogen) atoms. The molecule has 3 N–H and O–H groups in total. The van der Waals surface area contributed by atoms with Crippen LogP contribution in [0, 0.1) is 0 Å². The summed E-state index contributed by atoms with van der Waals surface area (Å²) >= 11 is 5.94. The van der Waals surface area contributed by atoms with Gasteiger partial charge in [-0.05, 0) is 42.5 Å². The second kappa shape index (κ2) is 7.80. The normalized spacial score (nSPS) is 12.0. The standard InChI is InChI=1S/C20H13ClF3N5O2/c21-11-3-1-4-12(9-11)29-13(10-16(28-29)20(22,23)24)7-8-17(30)25-14-5-2-6-15-18(14)27-19(31)26-15/h1-10H,(H,25,30)(H2,26,27,31)/b8-7+. The number of para-hydroxylation sites is 1. The predicted octanol–water partition coefficient (Wildman–Crippen LogP) is 4.37. The molecule has 0 radical (unpaired) electrons. The Morgan fingerprint density at radius 1 is 1.13 bits per heavy atom. The van der Waals surface area contributed by atoms with E-state index in [-0.39, 0.29) is 5.69 Å². The van der Waals surface area contributed by atoms with E-state index in [0.29, 0.717) is 27.4 Å². The molecule has 0 aliphatic rings. The molecule has 0 aliphatic carbocycles. The van der Waals surface area contributed by atoms with E-state index in [9.17, 15) is 22.8 Å². The Morgan fingerprint density at radius 3 is 2.65 bits per heavy atom. The van der Waals surface area contributed by atoms with Crippen molar-refractivity contribution in [3.05, 3.63) is 81.5 Å². The number of amides is 1. The molecule has 2 aromatic carbocycles. The van der Waals surface area contributed by atoms with Gasteiger partial charge in [-0.1, -0.05) is 23.7 Å². The minimum absolute atomic E-state index is 0.0259. The summed E-state index contributed by atoms with van der Waals surface area (Å²) in [4.78, 5) is 29.0. The van der Waals surface area contributed by atoms with Crippen LogP contribution in [-0.2, 0) is 11.0 Å². The first-order valence-electron chi connectivity index (χ1n) is 8.84. The van der Waals surface area contributed by atoms with Gasteiger partial charge in [-0.3, -0.25) is 4.79 Å². The van der Waals surface area contributed by atoms with Gasteiger partial charge in [0.2, 0.25) is 5.91 Å². The van der Waals surface area contributed by atoms with E-state index in [1.165, 1.54) is 12.1 Å². The Labute approximate surface area is 177 Å². The first kappa shape index (κ1) is 20.5. The van der Waals surface area contributed by atoms with Crippen LogP contribution in [0.1, 0.15) is 11.4 Å². The van der Waals surface area contributed by atoms with Crippen molar-refractivity contribution in [1.29, 1.82) is 0 Å². The van der Waals surface area contributed by atoms with Crippen LogP contribution in [0.5, 0.6) is 0 Å². The first-order chi connectivity index (χ1) is 14.7. The lowest BCUT2D eigenvalue weighted by Crippen LogP contribution is -2.09. The summed E-state index contributed by atoms with van der Waals surface area (Å²) in [5.41, 5.74) is 0.0262. The number of anilines is 1. The third-order valence-corrected chi connectivity index (χ3v) is 4.53. The molecular weight excluding hydrogens is 435 g/mol. The van der Waals surface area contributed by atoms with E-state index in [1.807, 2.05) is 0 Å². The summed E-state index contributed by atoms with van der Waals surface area (Å²) in [6.45, 7) is 0. The molecule has 0 atom stereocenters. The van der Waals surface area contributed by atoms with Gasteiger partial charge in [0.15, 0.2) is 5.69 Å². The van der Waals surface area contributed by atoms with E-state index >= 15 is 0 Å². The number of benzene rings is 2. The second-order valence-corrected chi connectivity index (χ2v) is 6.91. The Hall–Kier alpha value is -3.79. The number of halogens is 4. The molecule has 4 rings (SSSR count). The molecule has 11 heteroatoms. The van der Waals surface area contributed by atoms with Gasteiger partial charge >= 0.3 is 11.9 Å². The fourth-order valence-electron chi connectivity index (χ4n) is 2.97. The summed E-state index contributed by atoms with van der Waals surface area (Å²) in [6, 6.07) is 11.8. The van der Waals surface area contributed by atoms with Crippen LogP contribution in [0.4, 0.5) is 18.9 Å². The lowest BCUT2D eigenvalue weighted by molar-refractivity contribution is -0.141. The maximum atomic E-state index is 13.2. The summed E-state index contributed by atoms with van der Waals surface area (Å²) in [7, 11) is 0. The number of H-pyrrole nitrogens is 2. The van der Waals surface area contributed by atoms with Gasteiger partial charge in [0.05, 0.1) is 28.1 Å². The largest absolute Gasteiger partial charge is 0.435 e. The van der Waals surface area contributed by atoms with Crippen LogP contribution in [0.25, 0.3) is 22.8 Å². The molecule has 0 saturated heterocycles. The summed E-state index contributed by atoms with van der Waals surface area (Å²) in [6.07, 6.45) is -2.38. The summed E-state index contributed by atoms with van der Waals surface area (Å²) in [5.74, 6) is -0.609. The van der Waals surface area contributed by atoms with Crippen molar-refractivity contribution in [2.24, 2.45) is 0 Å². The fraction of sp³-hybridized carbons (Fsp3) is 0.0500. The van der Waals surface area contributed by atoms with Gasteiger partial charge in [-0.2, -0.15) is 18.3 Å². The first-order valence-corrected chi connectivity index (χ1v) is 9.22. The number of fused-ring (bicyclic) bond motifs is 1. The third-order valence-electron chi connectivity index (χ3n) is 4.29. The Morgan fingerprint density at radius 2 is 1.90 bits per heavy atom. The highest BCUT2D eigenvalue weighted by Crippen LogP contribution is 2.30. The number of nitrogens with zero attached hydrogens (tertiary/aromatic N) is 2. The summed E-state index contributed by atoms with van der Waals surface area (Å²) in [5, 5.41) is 6.51. The van der Waals surface area contributed by atoms with Gasteiger partial charge in [0.25, 0.3) is 0 Å². The zero-order valence-corrected chi connectivity index (χ0v) is 16.3.